The highest BCUT2D eigenvalue weighted by atomic mass is 16.7. The molecule has 1 spiro atoms. The topological polar surface area (TPSA) is 168 Å². The first-order chi connectivity index (χ1) is 28.5. The third kappa shape index (κ3) is 8.96. The van der Waals surface area contributed by atoms with Gasteiger partial charge in [0, 0.05) is 75.0 Å². The first-order valence-electron chi connectivity index (χ1n) is 22.0. The number of ether oxygens (including phenoxy) is 5. The molecule has 61 heavy (non-hydrogen) atoms. The number of aliphatic hydroxyl groups excluding tert-OH is 1. The molecule has 6 aliphatic heterocycles. The molecule has 0 radical (unpaired) electrons. The first-order valence-corrected chi connectivity index (χ1v) is 22.0. The second kappa shape index (κ2) is 17.5. The van der Waals surface area contributed by atoms with E-state index in [1.807, 2.05) is 51.7 Å². The number of aliphatic hydroxyl groups is 2. The largest absolute Gasteiger partial charge is 0.454 e. The molecule has 2 unspecified atom stereocenters. The summed E-state index contributed by atoms with van der Waals surface area (Å²) in [4.78, 5) is 46.5. The van der Waals surface area contributed by atoms with E-state index in [2.05, 4.69) is 42.9 Å². The second-order valence-corrected chi connectivity index (χ2v) is 19.3. The lowest BCUT2D eigenvalue weighted by Crippen LogP contribution is -2.66. The Kier molecular flexibility index (Phi) is 13.4. The fourth-order valence-corrected chi connectivity index (χ4v) is 10.3. The van der Waals surface area contributed by atoms with Crippen molar-refractivity contribution >= 4 is 17.5 Å². The predicted octanol–water partition coefficient (Wildman–Crippen LogP) is 4.96. The lowest BCUT2D eigenvalue weighted by molar-refractivity contribution is -0.336. The number of likely N-dealkylation sites (tertiary alicyclic amines) is 1. The van der Waals surface area contributed by atoms with Crippen molar-refractivity contribution in [1.29, 1.82) is 0 Å². The van der Waals surface area contributed by atoms with Gasteiger partial charge in [0.05, 0.1) is 54.0 Å². The number of nitrogens with zero attached hydrogens (tertiary/aromatic N) is 2. The predicted molar refractivity (Wildman–Crippen MR) is 230 cm³/mol. The standard InChI is InChI=1S/C47H70N4O10/c1-26(2)24-50-20-18-46(19-21-50)49-34-25-51(46)47(56)23-35(52)37(34)48-43(55)28(4)16-14-15-27(3)39-31(7)40(60-44(10,11)59-39)30(6)38(53)29(5)36(57-13)17-22-58-45(12)42(54)32(8)41(61-45)33(47)9/h14-17,22,26-27,29-31,36,38-40,49,53,56H,8,18-21,23-25H2,1-7,9-13H3,(H,48,55)/b15-14+,22-17+,28-16-,41-33+/t27-,29+,30-,31+,36-,38+,39-,40-,45-,47?/m0/s1. The number of ketones is 2. The molecule has 8 bridgehead atoms. The number of nitrogens with one attached hydrogen (secondary N) is 2. The first kappa shape index (κ1) is 46.9. The second-order valence-electron chi connectivity index (χ2n) is 19.3. The van der Waals surface area contributed by atoms with E-state index >= 15 is 0 Å². The van der Waals surface area contributed by atoms with Crippen LogP contribution in [0.1, 0.15) is 95.4 Å². The number of fused-ring (bicyclic) bond motifs is 11. The molecule has 0 aromatic carbocycles. The van der Waals surface area contributed by atoms with Crippen molar-refractivity contribution in [2.24, 2.45) is 29.6 Å². The van der Waals surface area contributed by atoms with E-state index in [4.69, 9.17) is 23.7 Å². The lowest BCUT2D eigenvalue weighted by atomic mass is 9.77. The monoisotopic (exact) mass is 851 g/mol. The number of carbonyl (C=O) groups excluding carboxylic acids is 3. The summed E-state index contributed by atoms with van der Waals surface area (Å²) in [6, 6.07) is 0. The maximum atomic E-state index is 14.4. The van der Waals surface area contributed by atoms with Crippen molar-refractivity contribution < 1.29 is 48.3 Å². The average molecular weight is 851 g/mol. The minimum atomic E-state index is -1.95. The Morgan fingerprint density at radius 1 is 0.984 bits per heavy atom. The fourth-order valence-electron chi connectivity index (χ4n) is 10.3. The smallest absolute Gasteiger partial charge is 0.312 e. The maximum absolute atomic E-state index is 14.4. The number of Topliss-reactive ketones (excluding diaryl/α,β-unsaturated/α-hetero) is 2. The van der Waals surface area contributed by atoms with Crippen LogP contribution in [0, 0.1) is 29.6 Å². The molecule has 6 rings (SSSR count). The summed E-state index contributed by atoms with van der Waals surface area (Å²) in [6.07, 6.45) is 7.16. The molecule has 14 nitrogen and oxygen atoms in total. The van der Waals surface area contributed by atoms with Crippen LogP contribution in [-0.4, -0.2) is 118 Å². The summed E-state index contributed by atoms with van der Waals surface area (Å²) in [6.45, 7) is 27.5. The Hall–Kier alpha value is -3.63. The van der Waals surface area contributed by atoms with Gasteiger partial charge in [-0.2, -0.15) is 0 Å². The molecular weight excluding hydrogens is 781 g/mol. The Morgan fingerprint density at radius 2 is 1.64 bits per heavy atom. The van der Waals surface area contributed by atoms with E-state index in [1.165, 1.54) is 13.2 Å². The molecule has 0 aromatic heterocycles. The van der Waals surface area contributed by atoms with Crippen molar-refractivity contribution in [3.05, 3.63) is 71.0 Å². The number of hydrogen-bond acceptors (Lipinski definition) is 13. The molecule has 0 saturated carbocycles. The van der Waals surface area contributed by atoms with Crippen LogP contribution in [0.2, 0.25) is 0 Å². The summed E-state index contributed by atoms with van der Waals surface area (Å²) in [5.74, 6) is -4.79. The summed E-state index contributed by atoms with van der Waals surface area (Å²) in [5.41, 5.74) is -1.52. The lowest BCUT2D eigenvalue weighted by Gasteiger charge is -2.51. The molecule has 6 heterocycles. The normalized spacial score (nSPS) is 41.8. The van der Waals surface area contributed by atoms with Crippen molar-refractivity contribution in [2.75, 3.05) is 33.3 Å². The Balaban J connectivity index is 1.43. The van der Waals surface area contributed by atoms with Crippen molar-refractivity contribution in [2.45, 2.75) is 143 Å². The highest BCUT2D eigenvalue weighted by Crippen LogP contribution is 2.48. The Morgan fingerprint density at radius 3 is 2.28 bits per heavy atom. The van der Waals surface area contributed by atoms with E-state index in [1.54, 1.807) is 33.1 Å². The number of carbonyl (C=O) groups is 3. The van der Waals surface area contributed by atoms with Gasteiger partial charge < -0.3 is 49.4 Å². The van der Waals surface area contributed by atoms with Crippen LogP contribution in [0.25, 0.3) is 0 Å². The van der Waals surface area contributed by atoms with Crippen molar-refractivity contribution in [1.82, 2.24) is 20.4 Å². The van der Waals surface area contributed by atoms with Gasteiger partial charge in [-0.05, 0) is 52.5 Å². The molecule has 4 saturated heterocycles. The van der Waals surface area contributed by atoms with E-state index < -0.39 is 65.0 Å². The number of methoxy groups -OCH3 is 1. The zero-order valence-corrected chi connectivity index (χ0v) is 38.3. The van der Waals surface area contributed by atoms with Gasteiger partial charge in [-0.15, -0.1) is 0 Å². The van der Waals surface area contributed by atoms with Gasteiger partial charge in [0.1, 0.15) is 11.5 Å². The van der Waals surface area contributed by atoms with Crippen LogP contribution in [0.5, 0.6) is 0 Å². The molecule has 4 N–H and O–H groups in total. The molecule has 6 aliphatic rings. The van der Waals surface area contributed by atoms with Gasteiger partial charge in [0.25, 0.3) is 5.91 Å². The Labute approximate surface area is 362 Å². The number of amides is 1. The molecule has 0 aromatic rings. The quantitative estimate of drug-likeness (QED) is 0.282. The Bertz CT molecular complexity index is 1910. The number of hydrogen-bond donors (Lipinski definition) is 4. The summed E-state index contributed by atoms with van der Waals surface area (Å²) < 4.78 is 31.2. The van der Waals surface area contributed by atoms with Gasteiger partial charge in [-0.1, -0.05) is 66.3 Å². The van der Waals surface area contributed by atoms with Crippen LogP contribution in [0.4, 0.5) is 0 Å². The van der Waals surface area contributed by atoms with Gasteiger partial charge in [0.2, 0.25) is 5.78 Å². The van der Waals surface area contributed by atoms with Crippen molar-refractivity contribution in [3.63, 3.8) is 0 Å². The average Bonchev–Trinajstić information content (AvgIpc) is 3.64. The minimum absolute atomic E-state index is 0.00881. The molecule has 4 fully saturated rings. The SMILES string of the molecule is C=C1C(=O)[C@@]2(C)O/C=C/[C@H](OC)[C@@H](C)[C@@H](O)[C@H](C)[C@@H]3OC(C)(C)O[C@H]([C@H]3C)[C@@H](C)/C=C/C=C(/C)C(=O)NC3=C4CN(C5(CCN(CC(C)C)CC5)N4)C(O)(CC3=O)/C(C)=C\1O2. The zero-order chi connectivity index (χ0) is 45.0. The highest BCUT2D eigenvalue weighted by molar-refractivity contribution is 6.07. The zero-order valence-electron chi connectivity index (χ0n) is 38.3. The number of rotatable bonds is 3. The molecular formula is C47H70N4O10. The van der Waals surface area contributed by atoms with Gasteiger partial charge in [0.15, 0.2) is 17.3 Å². The molecule has 0 aliphatic carbocycles. The number of piperidine rings is 1. The summed E-state index contributed by atoms with van der Waals surface area (Å²) in [5, 5.41) is 31.4. The fraction of sp³-hybridized carbons (Fsp3) is 0.681. The van der Waals surface area contributed by atoms with Gasteiger partial charge in [-0.25, -0.2) is 4.90 Å². The molecule has 1 amide bonds. The van der Waals surface area contributed by atoms with E-state index in [0.717, 1.165) is 19.6 Å². The van der Waals surface area contributed by atoms with Crippen molar-refractivity contribution in [3.8, 4) is 0 Å². The van der Waals surface area contributed by atoms with E-state index in [-0.39, 0.29) is 59.1 Å². The van der Waals surface area contributed by atoms with Crippen LogP contribution < -0.4 is 10.6 Å². The molecule has 14 heteroatoms. The maximum Gasteiger partial charge on any atom is 0.312 e. The highest BCUT2D eigenvalue weighted by Gasteiger charge is 2.60. The van der Waals surface area contributed by atoms with Crippen LogP contribution in [0.3, 0.4) is 0 Å². The van der Waals surface area contributed by atoms with Crippen LogP contribution in [-0.2, 0) is 38.1 Å². The summed E-state index contributed by atoms with van der Waals surface area (Å²) >= 11 is 0. The van der Waals surface area contributed by atoms with E-state index in [9.17, 15) is 24.6 Å². The number of allylic oxidation sites excluding steroid dienone is 4. The molecule has 338 valence electrons. The van der Waals surface area contributed by atoms with Gasteiger partial charge >= 0.3 is 5.79 Å². The van der Waals surface area contributed by atoms with Gasteiger partial charge in [-0.3, -0.25) is 14.4 Å². The molecule has 11 atom stereocenters. The van der Waals surface area contributed by atoms with Crippen LogP contribution in [0.15, 0.2) is 71.0 Å². The minimum Gasteiger partial charge on any atom is -0.454 e. The third-order valence-electron chi connectivity index (χ3n) is 13.9. The van der Waals surface area contributed by atoms with E-state index in [0.29, 0.717) is 30.0 Å². The van der Waals surface area contributed by atoms with Crippen LogP contribution >= 0.6 is 0 Å². The summed E-state index contributed by atoms with van der Waals surface area (Å²) in [7, 11) is 1.54. The third-order valence-corrected chi connectivity index (χ3v) is 13.9.